The Morgan fingerprint density at radius 3 is 2.65 bits per heavy atom. The average molecular weight is 272 g/mol. The molecular formula is C17H24N2O. The summed E-state index contributed by atoms with van der Waals surface area (Å²) in [6.45, 7) is 6.33. The van der Waals surface area contributed by atoms with Crippen molar-refractivity contribution in [3.63, 3.8) is 0 Å². The van der Waals surface area contributed by atoms with Crippen molar-refractivity contribution in [3.05, 3.63) is 29.3 Å². The number of fused-ring (bicyclic) bond motifs is 1. The maximum Gasteiger partial charge on any atom is 0.234 e. The molecule has 0 spiro atoms. The minimum Gasteiger partial charge on any atom is -0.325 e. The molecule has 0 radical (unpaired) electrons. The molecule has 2 N–H and O–H groups in total. The van der Waals surface area contributed by atoms with Crippen molar-refractivity contribution >= 4 is 11.6 Å². The Hall–Kier alpha value is -1.35. The quantitative estimate of drug-likeness (QED) is 0.883. The summed E-state index contributed by atoms with van der Waals surface area (Å²) >= 11 is 0. The molecule has 1 saturated carbocycles. The summed E-state index contributed by atoms with van der Waals surface area (Å²) in [6.07, 6.45) is 2.71. The first-order valence-electron chi connectivity index (χ1n) is 7.58. The second-order valence-electron chi connectivity index (χ2n) is 6.85. The van der Waals surface area contributed by atoms with Crippen LogP contribution in [0.1, 0.15) is 50.8 Å². The van der Waals surface area contributed by atoms with E-state index in [9.17, 15) is 4.79 Å². The third kappa shape index (κ3) is 2.05. The van der Waals surface area contributed by atoms with Crippen molar-refractivity contribution in [1.82, 2.24) is 5.32 Å². The van der Waals surface area contributed by atoms with Gasteiger partial charge in [-0.1, -0.05) is 19.1 Å². The Labute approximate surface area is 121 Å². The lowest BCUT2D eigenvalue weighted by Crippen LogP contribution is -2.28. The van der Waals surface area contributed by atoms with Crippen LogP contribution in [0.2, 0.25) is 0 Å². The SMILES string of the molecule is CNC(c1ccc2c(c1)C(C)(C)C(=O)N2)C(C)C1CC1. The zero-order valence-corrected chi connectivity index (χ0v) is 12.8. The van der Waals surface area contributed by atoms with Crippen molar-refractivity contribution in [3.8, 4) is 0 Å². The van der Waals surface area contributed by atoms with Crippen LogP contribution >= 0.6 is 0 Å². The summed E-state index contributed by atoms with van der Waals surface area (Å²) in [4.78, 5) is 12.0. The maximum atomic E-state index is 12.0. The van der Waals surface area contributed by atoms with Crippen molar-refractivity contribution in [2.45, 2.75) is 45.1 Å². The Morgan fingerprint density at radius 1 is 1.35 bits per heavy atom. The predicted octanol–water partition coefficient (Wildman–Crippen LogP) is 3.22. The van der Waals surface area contributed by atoms with Crippen LogP contribution in [0.3, 0.4) is 0 Å². The number of benzene rings is 1. The zero-order valence-electron chi connectivity index (χ0n) is 12.8. The number of hydrogen-bond acceptors (Lipinski definition) is 2. The van der Waals surface area contributed by atoms with Crippen LogP contribution in [0, 0.1) is 11.8 Å². The third-order valence-electron chi connectivity index (χ3n) is 5.09. The van der Waals surface area contributed by atoms with Crippen molar-refractivity contribution < 1.29 is 4.79 Å². The molecule has 20 heavy (non-hydrogen) atoms. The van der Waals surface area contributed by atoms with Crippen LogP contribution < -0.4 is 10.6 Å². The molecule has 2 unspecified atom stereocenters. The van der Waals surface area contributed by atoms with Gasteiger partial charge in [-0.15, -0.1) is 0 Å². The fourth-order valence-corrected chi connectivity index (χ4v) is 3.41. The molecule has 0 saturated heterocycles. The van der Waals surface area contributed by atoms with Crippen LogP contribution in [0.15, 0.2) is 18.2 Å². The number of carbonyl (C=O) groups is 1. The van der Waals surface area contributed by atoms with Crippen LogP contribution in [-0.2, 0) is 10.2 Å². The lowest BCUT2D eigenvalue weighted by atomic mass is 9.83. The van der Waals surface area contributed by atoms with Crippen molar-refractivity contribution in [2.75, 3.05) is 12.4 Å². The van der Waals surface area contributed by atoms with Gasteiger partial charge in [-0.2, -0.15) is 0 Å². The summed E-state index contributed by atoms with van der Waals surface area (Å²) in [5.41, 5.74) is 2.98. The average Bonchev–Trinajstić information content (AvgIpc) is 3.21. The van der Waals surface area contributed by atoms with E-state index in [4.69, 9.17) is 0 Å². The monoisotopic (exact) mass is 272 g/mol. The summed E-state index contributed by atoms with van der Waals surface area (Å²) in [5, 5.41) is 6.44. The highest BCUT2D eigenvalue weighted by Crippen LogP contribution is 2.44. The van der Waals surface area contributed by atoms with E-state index in [2.05, 4.69) is 35.8 Å². The number of anilines is 1. The number of nitrogens with one attached hydrogen (secondary N) is 2. The lowest BCUT2D eigenvalue weighted by molar-refractivity contribution is -0.119. The summed E-state index contributed by atoms with van der Waals surface area (Å²) < 4.78 is 0. The standard InChI is InChI=1S/C17H24N2O/c1-10(11-5-6-11)15(18-4)12-7-8-14-13(9-12)17(2,3)16(20)19-14/h7-11,15,18H,5-6H2,1-4H3,(H,19,20). The predicted molar refractivity (Wildman–Crippen MR) is 81.8 cm³/mol. The van der Waals surface area contributed by atoms with Gasteiger partial charge in [-0.05, 0) is 62.8 Å². The molecule has 0 bridgehead atoms. The van der Waals surface area contributed by atoms with Gasteiger partial charge in [0.2, 0.25) is 5.91 Å². The zero-order chi connectivity index (χ0) is 14.5. The maximum absolute atomic E-state index is 12.0. The molecule has 1 amide bonds. The van der Waals surface area contributed by atoms with E-state index in [1.807, 2.05) is 20.9 Å². The van der Waals surface area contributed by atoms with E-state index in [0.29, 0.717) is 12.0 Å². The van der Waals surface area contributed by atoms with Gasteiger partial charge in [-0.3, -0.25) is 4.79 Å². The Bertz CT molecular complexity index is 546. The van der Waals surface area contributed by atoms with E-state index >= 15 is 0 Å². The minimum atomic E-state index is -0.424. The molecule has 0 aromatic heterocycles. The first-order valence-corrected chi connectivity index (χ1v) is 7.58. The Balaban J connectivity index is 1.96. The van der Waals surface area contributed by atoms with Crippen molar-refractivity contribution in [1.29, 1.82) is 0 Å². The molecule has 2 atom stereocenters. The molecule has 2 aliphatic rings. The highest BCUT2D eigenvalue weighted by molar-refractivity contribution is 6.05. The molecule has 108 valence electrons. The van der Waals surface area contributed by atoms with Gasteiger partial charge in [0.05, 0.1) is 5.41 Å². The lowest BCUT2D eigenvalue weighted by Gasteiger charge is -2.25. The molecule has 1 aliphatic carbocycles. The summed E-state index contributed by atoms with van der Waals surface area (Å²) in [5.74, 6) is 1.60. The summed E-state index contributed by atoms with van der Waals surface area (Å²) in [7, 11) is 2.03. The number of rotatable bonds is 4. The highest BCUT2D eigenvalue weighted by Gasteiger charge is 2.39. The van der Waals surface area contributed by atoms with Gasteiger partial charge in [0.1, 0.15) is 0 Å². The number of carbonyl (C=O) groups excluding carboxylic acids is 1. The summed E-state index contributed by atoms with van der Waals surface area (Å²) in [6, 6.07) is 6.80. The topological polar surface area (TPSA) is 41.1 Å². The van der Waals surface area contributed by atoms with Crippen LogP contribution in [-0.4, -0.2) is 13.0 Å². The molecule has 3 rings (SSSR count). The molecular weight excluding hydrogens is 248 g/mol. The molecule has 1 aromatic carbocycles. The smallest absolute Gasteiger partial charge is 0.234 e. The highest BCUT2D eigenvalue weighted by atomic mass is 16.2. The second-order valence-corrected chi connectivity index (χ2v) is 6.85. The molecule has 1 aromatic rings. The normalized spacial score (nSPS) is 23.1. The minimum absolute atomic E-state index is 0.0981. The fraction of sp³-hybridized carbons (Fsp3) is 0.588. The van der Waals surface area contributed by atoms with Crippen LogP contribution in [0.5, 0.6) is 0 Å². The van der Waals surface area contributed by atoms with E-state index in [1.165, 1.54) is 18.4 Å². The largest absolute Gasteiger partial charge is 0.325 e. The van der Waals surface area contributed by atoms with Crippen molar-refractivity contribution in [2.24, 2.45) is 11.8 Å². The van der Waals surface area contributed by atoms with Gasteiger partial charge >= 0.3 is 0 Å². The third-order valence-corrected chi connectivity index (χ3v) is 5.09. The first kappa shape index (κ1) is 13.6. The Morgan fingerprint density at radius 2 is 2.05 bits per heavy atom. The second kappa shape index (κ2) is 4.59. The van der Waals surface area contributed by atoms with E-state index in [1.54, 1.807) is 0 Å². The van der Waals surface area contributed by atoms with Gasteiger partial charge < -0.3 is 10.6 Å². The fourth-order valence-electron chi connectivity index (χ4n) is 3.41. The van der Waals surface area contributed by atoms with Crippen LogP contribution in [0.25, 0.3) is 0 Å². The van der Waals surface area contributed by atoms with Gasteiger partial charge in [0.25, 0.3) is 0 Å². The number of hydrogen-bond donors (Lipinski definition) is 2. The molecule has 3 heteroatoms. The van der Waals surface area contributed by atoms with E-state index < -0.39 is 5.41 Å². The van der Waals surface area contributed by atoms with E-state index in [-0.39, 0.29) is 5.91 Å². The molecule has 3 nitrogen and oxygen atoms in total. The first-order chi connectivity index (χ1) is 9.45. The molecule has 1 heterocycles. The number of amides is 1. The van der Waals surface area contributed by atoms with Gasteiger partial charge in [0.15, 0.2) is 0 Å². The van der Waals surface area contributed by atoms with Gasteiger partial charge in [0, 0.05) is 11.7 Å². The Kier molecular flexibility index (Phi) is 3.13. The molecule has 1 fully saturated rings. The van der Waals surface area contributed by atoms with E-state index in [0.717, 1.165) is 17.2 Å². The van der Waals surface area contributed by atoms with Crippen LogP contribution in [0.4, 0.5) is 5.69 Å². The molecule has 1 aliphatic heterocycles. The van der Waals surface area contributed by atoms with Gasteiger partial charge in [-0.25, -0.2) is 0 Å².